The van der Waals surface area contributed by atoms with Gasteiger partial charge < -0.3 is 25.9 Å². The Hall–Kier alpha value is -4.45. The Morgan fingerprint density at radius 1 is 1.23 bits per heavy atom. The van der Waals surface area contributed by atoms with E-state index in [0.717, 1.165) is 5.52 Å². The van der Waals surface area contributed by atoms with Crippen LogP contribution < -0.4 is 16.4 Å². The second-order valence-electron chi connectivity index (χ2n) is 7.76. The number of aliphatic imine (C=N–C) groups is 1. The first-order chi connectivity index (χ1) is 17.0. The zero-order valence-corrected chi connectivity index (χ0v) is 19.3. The number of amides is 1. The summed E-state index contributed by atoms with van der Waals surface area (Å²) in [6.07, 6.45) is 3.90. The Morgan fingerprint density at radius 3 is 2.80 bits per heavy atom. The minimum Gasteiger partial charge on any atom is -0.365 e. The number of para-hydroxylation sites is 2. The Morgan fingerprint density at radius 2 is 2.06 bits per heavy atom. The van der Waals surface area contributed by atoms with Gasteiger partial charge in [0.05, 0.1) is 23.6 Å². The number of hydrogen-bond acceptors (Lipinski definition) is 10. The van der Waals surface area contributed by atoms with Gasteiger partial charge in [0.1, 0.15) is 5.82 Å². The molecule has 0 aliphatic carbocycles. The number of pyridine rings is 1. The van der Waals surface area contributed by atoms with E-state index in [1.807, 2.05) is 24.3 Å². The molecule has 3 heterocycles. The highest BCUT2D eigenvalue weighted by Crippen LogP contribution is 2.28. The summed E-state index contributed by atoms with van der Waals surface area (Å²) in [6, 6.07) is 9.97. The van der Waals surface area contributed by atoms with E-state index >= 15 is 0 Å². The fourth-order valence-corrected chi connectivity index (χ4v) is 3.36. The first-order valence-corrected chi connectivity index (χ1v) is 11.0. The Balaban J connectivity index is 1.61. The van der Waals surface area contributed by atoms with Crippen LogP contribution >= 0.6 is 0 Å². The molecule has 0 radical (unpaired) electrons. The van der Waals surface area contributed by atoms with Crippen LogP contribution in [0.15, 0.2) is 52.2 Å². The van der Waals surface area contributed by atoms with Gasteiger partial charge in [-0.15, -0.1) is 0 Å². The lowest BCUT2D eigenvalue weighted by atomic mass is 10.2. The molecule has 12 nitrogen and oxygen atoms in total. The quantitative estimate of drug-likeness (QED) is 0.177. The smallest absolute Gasteiger partial charge is 0.242 e. The molecule has 0 saturated carbocycles. The second kappa shape index (κ2) is 10.7. The van der Waals surface area contributed by atoms with Gasteiger partial charge in [0.25, 0.3) is 0 Å². The van der Waals surface area contributed by atoms with E-state index < -0.39 is 6.04 Å². The van der Waals surface area contributed by atoms with Crippen LogP contribution in [0.3, 0.4) is 0 Å². The van der Waals surface area contributed by atoms with Crippen molar-refractivity contribution in [1.29, 1.82) is 0 Å². The maximum Gasteiger partial charge on any atom is 0.242 e. The van der Waals surface area contributed by atoms with Crippen molar-refractivity contribution in [3.05, 3.63) is 48.2 Å². The molecule has 0 fully saturated rings. The highest BCUT2D eigenvalue weighted by Gasteiger charge is 2.22. The van der Waals surface area contributed by atoms with Crippen molar-refractivity contribution in [2.45, 2.75) is 25.9 Å². The number of carbonyl (C=O) groups excluding carboxylic acids is 2. The topological polar surface area (TPSA) is 166 Å². The van der Waals surface area contributed by atoms with E-state index in [2.05, 4.69) is 35.9 Å². The van der Waals surface area contributed by atoms with E-state index in [1.54, 1.807) is 36.9 Å². The van der Waals surface area contributed by atoms with Crippen LogP contribution in [-0.2, 0) is 11.3 Å². The Labute approximate surface area is 200 Å². The standard InChI is InChI=1S/C23H25N9O3/c1-14(24)23(34)29-19-9-8-15(12-27-19)18(33)13-32-17-7-4-3-6-16(17)28-22(32)20-21(31-35-30-20)26-11-5-10-25-2/h3-4,6-10,12,14H,5,11,13,24H2,1-2H3,(H,26,31)(H,27,29,34)/b25-10-/t14-/m0/s1. The molecule has 180 valence electrons. The summed E-state index contributed by atoms with van der Waals surface area (Å²) in [4.78, 5) is 37.7. The van der Waals surface area contributed by atoms with Crippen LogP contribution in [0.1, 0.15) is 23.7 Å². The van der Waals surface area contributed by atoms with Gasteiger partial charge in [0, 0.05) is 31.6 Å². The second-order valence-corrected chi connectivity index (χ2v) is 7.76. The molecular formula is C23H25N9O3. The van der Waals surface area contributed by atoms with Crippen molar-refractivity contribution < 1.29 is 14.2 Å². The van der Waals surface area contributed by atoms with Gasteiger partial charge in [-0.1, -0.05) is 12.1 Å². The minimum absolute atomic E-state index is 0.0160. The first-order valence-electron chi connectivity index (χ1n) is 11.0. The lowest BCUT2D eigenvalue weighted by Gasteiger charge is -2.09. The largest absolute Gasteiger partial charge is 0.365 e. The fourth-order valence-electron chi connectivity index (χ4n) is 3.36. The van der Waals surface area contributed by atoms with Crippen molar-refractivity contribution in [3.63, 3.8) is 0 Å². The first kappa shape index (κ1) is 23.7. The SMILES string of the molecule is C/N=C\CCNc1nonc1-c1nc2ccccc2n1CC(=O)c1ccc(NC(=O)[C@H](C)N)nc1. The Bertz CT molecular complexity index is 1360. The number of Topliss-reactive ketones (excluding diaryl/α,β-unsaturated/α-hetero) is 1. The molecule has 1 atom stereocenters. The highest BCUT2D eigenvalue weighted by molar-refractivity contribution is 5.98. The van der Waals surface area contributed by atoms with Gasteiger partial charge in [-0.05, 0) is 47.9 Å². The minimum atomic E-state index is -0.670. The number of ketones is 1. The summed E-state index contributed by atoms with van der Waals surface area (Å²) in [6.45, 7) is 2.14. The van der Waals surface area contributed by atoms with Gasteiger partial charge in [-0.2, -0.15) is 0 Å². The highest BCUT2D eigenvalue weighted by atomic mass is 16.6. The molecule has 0 aliphatic heterocycles. The molecule has 1 amide bonds. The van der Waals surface area contributed by atoms with Crippen molar-refractivity contribution >= 4 is 40.6 Å². The lowest BCUT2D eigenvalue weighted by molar-refractivity contribution is -0.117. The van der Waals surface area contributed by atoms with E-state index in [9.17, 15) is 9.59 Å². The number of anilines is 2. The number of nitrogens with two attached hydrogens (primary N) is 1. The van der Waals surface area contributed by atoms with Crippen LogP contribution in [0.2, 0.25) is 0 Å². The van der Waals surface area contributed by atoms with Crippen molar-refractivity contribution in [3.8, 4) is 11.5 Å². The van der Waals surface area contributed by atoms with Crippen LogP contribution in [0.4, 0.5) is 11.6 Å². The Kier molecular flexibility index (Phi) is 7.21. The molecule has 3 aromatic heterocycles. The average Bonchev–Trinajstić information content (AvgIpc) is 3.46. The fraction of sp³-hybridized carbons (Fsp3) is 0.261. The summed E-state index contributed by atoms with van der Waals surface area (Å²) in [7, 11) is 1.71. The monoisotopic (exact) mass is 475 g/mol. The summed E-state index contributed by atoms with van der Waals surface area (Å²) in [5.41, 5.74) is 7.80. The lowest BCUT2D eigenvalue weighted by Crippen LogP contribution is -2.32. The third kappa shape index (κ3) is 5.38. The number of fused-ring (bicyclic) bond motifs is 1. The summed E-state index contributed by atoms with van der Waals surface area (Å²) >= 11 is 0. The van der Waals surface area contributed by atoms with Crippen molar-refractivity contribution in [2.75, 3.05) is 24.2 Å². The third-order valence-corrected chi connectivity index (χ3v) is 5.16. The third-order valence-electron chi connectivity index (χ3n) is 5.16. The van der Waals surface area contributed by atoms with Gasteiger partial charge in [0.15, 0.2) is 17.3 Å². The van der Waals surface area contributed by atoms with Crippen LogP contribution in [0.25, 0.3) is 22.6 Å². The van der Waals surface area contributed by atoms with Crippen LogP contribution in [-0.4, -0.2) is 62.4 Å². The zero-order valence-electron chi connectivity index (χ0n) is 19.3. The molecule has 4 aromatic rings. The summed E-state index contributed by atoms with van der Waals surface area (Å²) < 4.78 is 6.74. The molecule has 12 heteroatoms. The predicted octanol–water partition coefficient (Wildman–Crippen LogP) is 2.15. The van der Waals surface area contributed by atoms with Gasteiger partial charge in [0.2, 0.25) is 11.7 Å². The molecule has 1 aromatic carbocycles. The summed E-state index contributed by atoms with van der Waals surface area (Å²) in [5.74, 6) is 0.626. The molecular weight excluding hydrogens is 450 g/mol. The van der Waals surface area contributed by atoms with Gasteiger partial charge in [-0.25, -0.2) is 14.6 Å². The molecule has 0 saturated heterocycles. The van der Waals surface area contributed by atoms with E-state index in [-0.39, 0.29) is 18.2 Å². The number of benzene rings is 1. The van der Waals surface area contributed by atoms with E-state index in [0.29, 0.717) is 47.2 Å². The van der Waals surface area contributed by atoms with Gasteiger partial charge >= 0.3 is 0 Å². The number of nitrogens with zero attached hydrogens (tertiary/aromatic N) is 6. The van der Waals surface area contributed by atoms with E-state index in [4.69, 9.17) is 10.4 Å². The summed E-state index contributed by atoms with van der Waals surface area (Å²) in [5, 5.41) is 13.7. The maximum absolute atomic E-state index is 13.2. The number of hydrogen-bond donors (Lipinski definition) is 3. The number of carbonyl (C=O) groups is 2. The maximum atomic E-state index is 13.2. The van der Waals surface area contributed by atoms with Gasteiger partial charge in [-0.3, -0.25) is 9.59 Å². The molecule has 4 rings (SSSR count). The predicted molar refractivity (Wildman–Crippen MR) is 131 cm³/mol. The number of nitrogens with one attached hydrogen (secondary N) is 2. The van der Waals surface area contributed by atoms with Crippen molar-refractivity contribution in [1.82, 2.24) is 24.8 Å². The van der Waals surface area contributed by atoms with Crippen molar-refractivity contribution in [2.24, 2.45) is 10.7 Å². The number of aromatic nitrogens is 5. The molecule has 0 unspecified atom stereocenters. The van der Waals surface area contributed by atoms with Crippen LogP contribution in [0, 0.1) is 0 Å². The number of rotatable bonds is 10. The van der Waals surface area contributed by atoms with E-state index in [1.165, 1.54) is 6.20 Å². The molecule has 0 bridgehead atoms. The zero-order chi connectivity index (χ0) is 24.8. The normalized spacial score (nSPS) is 12.2. The average molecular weight is 476 g/mol. The van der Waals surface area contributed by atoms with Crippen LogP contribution in [0.5, 0.6) is 0 Å². The molecule has 0 aliphatic rings. The molecule has 4 N–H and O–H groups in total. The molecule has 0 spiro atoms. The molecule has 35 heavy (non-hydrogen) atoms. The number of imidazole rings is 1.